The van der Waals surface area contributed by atoms with Crippen LogP contribution in [0.4, 0.5) is 0 Å². The van der Waals surface area contributed by atoms with E-state index >= 15 is 0 Å². The van der Waals surface area contributed by atoms with Crippen LogP contribution < -0.4 is 5.32 Å². The number of carbonyl (C=O) groups is 1. The maximum Gasteiger partial charge on any atom is 0.246 e. The third-order valence-electron chi connectivity index (χ3n) is 1.52. The number of carbonyl (C=O) groups excluding carboxylic acids is 1. The van der Waals surface area contributed by atoms with Crippen LogP contribution in [0.15, 0.2) is 0 Å². The summed E-state index contributed by atoms with van der Waals surface area (Å²) >= 11 is 0. The number of hydrogen-bond donors (Lipinski definition) is 1. The van der Waals surface area contributed by atoms with Gasteiger partial charge in [0.1, 0.15) is 6.61 Å². The summed E-state index contributed by atoms with van der Waals surface area (Å²) in [5.74, 6) is 0.0287. The molecule has 0 aliphatic heterocycles. The summed E-state index contributed by atoms with van der Waals surface area (Å²) in [5, 5.41) is 2.85. The van der Waals surface area contributed by atoms with E-state index < -0.39 is 0 Å². The van der Waals surface area contributed by atoms with Crippen molar-refractivity contribution in [3.8, 4) is 0 Å². The van der Waals surface area contributed by atoms with Crippen LogP contribution >= 0.6 is 0 Å². The van der Waals surface area contributed by atoms with Gasteiger partial charge < -0.3 is 10.1 Å². The molecule has 1 N–H and O–H groups in total. The van der Waals surface area contributed by atoms with Crippen LogP contribution in [0.1, 0.15) is 26.2 Å². The second-order valence-corrected chi connectivity index (χ2v) is 2.89. The molecule has 0 radical (unpaired) electrons. The molecule has 1 fully saturated rings. The molecular formula is C8H15NO2. The van der Waals surface area contributed by atoms with Crippen molar-refractivity contribution in [1.82, 2.24) is 5.32 Å². The van der Waals surface area contributed by atoms with E-state index in [1.165, 1.54) is 0 Å². The van der Waals surface area contributed by atoms with Crippen molar-refractivity contribution < 1.29 is 9.53 Å². The summed E-state index contributed by atoms with van der Waals surface area (Å²) in [5.41, 5.74) is 0. The Balaban J connectivity index is 1.92. The van der Waals surface area contributed by atoms with E-state index in [2.05, 4.69) is 5.32 Å². The van der Waals surface area contributed by atoms with Gasteiger partial charge in [-0.3, -0.25) is 4.79 Å². The van der Waals surface area contributed by atoms with Crippen LogP contribution in [-0.4, -0.2) is 25.2 Å². The fourth-order valence-electron chi connectivity index (χ4n) is 0.806. The first-order valence-electron chi connectivity index (χ1n) is 4.20. The Kier molecular flexibility index (Phi) is 3.36. The molecule has 0 atom stereocenters. The lowest BCUT2D eigenvalue weighted by Crippen LogP contribution is -2.29. The monoisotopic (exact) mass is 157 g/mol. The minimum absolute atomic E-state index is 0.0287. The zero-order valence-electron chi connectivity index (χ0n) is 6.93. The van der Waals surface area contributed by atoms with Crippen molar-refractivity contribution in [1.29, 1.82) is 0 Å². The van der Waals surface area contributed by atoms with Crippen LogP contribution in [0, 0.1) is 0 Å². The van der Waals surface area contributed by atoms with Crippen molar-refractivity contribution >= 4 is 5.91 Å². The van der Waals surface area contributed by atoms with Gasteiger partial charge in [0.2, 0.25) is 5.91 Å². The first kappa shape index (κ1) is 8.53. The standard InChI is InChI=1S/C8H15NO2/c1-2-5-11-6-8(10)9-7-3-4-7/h7H,2-6H2,1H3,(H,9,10). The molecule has 1 rings (SSSR count). The maximum absolute atomic E-state index is 10.9. The molecule has 0 spiro atoms. The van der Waals surface area contributed by atoms with Gasteiger partial charge in [-0.15, -0.1) is 0 Å². The number of amides is 1. The Morgan fingerprint density at radius 2 is 2.36 bits per heavy atom. The summed E-state index contributed by atoms with van der Waals surface area (Å²) in [6.45, 7) is 2.93. The minimum atomic E-state index is 0.0287. The fourth-order valence-corrected chi connectivity index (χ4v) is 0.806. The first-order valence-corrected chi connectivity index (χ1v) is 4.20. The molecule has 11 heavy (non-hydrogen) atoms. The summed E-state index contributed by atoms with van der Waals surface area (Å²) in [7, 11) is 0. The Morgan fingerprint density at radius 3 is 2.91 bits per heavy atom. The highest BCUT2D eigenvalue weighted by Gasteiger charge is 2.22. The quantitative estimate of drug-likeness (QED) is 0.596. The number of ether oxygens (including phenoxy) is 1. The van der Waals surface area contributed by atoms with Crippen LogP contribution in [0.25, 0.3) is 0 Å². The Hall–Kier alpha value is -0.570. The molecule has 1 amide bonds. The van der Waals surface area contributed by atoms with Crippen molar-refractivity contribution in [2.24, 2.45) is 0 Å². The normalized spacial score (nSPS) is 16.5. The van der Waals surface area contributed by atoms with Gasteiger partial charge in [0, 0.05) is 12.6 Å². The molecule has 0 unspecified atom stereocenters. The zero-order valence-corrected chi connectivity index (χ0v) is 6.93. The van der Waals surface area contributed by atoms with Crippen molar-refractivity contribution in [2.45, 2.75) is 32.2 Å². The molecule has 3 nitrogen and oxygen atoms in total. The molecule has 0 aromatic carbocycles. The van der Waals surface area contributed by atoms with E-state index in [0.717, 1.165) is 19.3 Å². The Bertz CT molecular complexity index is 132. The minimum Gasteiger partial charge on any atom is -0.372 e. The molecule has 1 aliphatic carbocycles. The molecule has 1 aliphatic rings. The Morgan fingerprint density at radius 1 is 1.64 bits per heavy atom. The van der Waals surface area contributed by atoms with Crippen molar-refractivity contribution in [2.75, 3.05) is 13.2 Å². The van der Waals surface area contributed by atoms with Crippen molar-refractivity contribution in [3.05, 3.63) is 0 Å². The number of hydrogen-bond acceptors (Lipinski definition) is 2. The summed E-state index contributed by atoms with van der Waals surface area (Å²) < 4.78 is 5.06. The molecule has 1 saturated carbocycles. The summed E-state index contributed by atoms with van der Waals surface area (Å²) in [6.07, 6.45) is 3.25. The van der Waals surface area contributed by atoms with Gasteiger partial charge in [-0.1, -0.05) is 6.92 Å². The average Bonchev–Trinajstić information content (AvgIpc) is 2.72. The smallest absolute Gasteiger partial charge is 0.246 e. The molecule has 0 heterocycles. The zero-order chi connectivity index (χ0) is 8.10. The number of nitrogens with one attached hydrogen (secondary N) is 1. The highest BCUT2D eigenvalue weighted by atomic mass is 16.5. The third kappa shape index (κ3) is 3.98. The fraction of sp³-hybridized carbons (Fsp3) is 0.875. The topological polar surface area (TPSA) is 38.3 Å². The summed E-state index contributed by atoms with van der Waals surface area (Å²) in [6, 6.07) is 0.452. The van der Waals surface area contributed by atoms with E-state index in [9.17, 15) is 4.79 Å². The van der Waals surface area contributed by atoms with Crippen LogP contribution in [-0.2, 0) is 9.53 Å². The van der Waals surface area contributed by atoms with E-state index in [-0.39, 0.29) is 12.5 Å². The molecular weight excluding hydrogens is 142 g/mol. The highest BCUT2D eigenvalue weighted by molar-refractivity contribution is 5.77. The SMILES string of the molecule is CCCOCC(=O)NC1CC1. The van der Waals surface area contributed by atoms with E-state index in [1.54, 1.807) is 0 Å². The number of rotatable bonds is 5. The van der Waals surface area contributed by atoms with Crippen LogP contribution in [0.3, 0.4) is 0 Å². The largest absolute Gasteiger partial charge is 0.372 e. The lowest BCUT2D eigenvalue weighted by atomic mass is 10.5. The third-order valence-corrected chi connectivity index (χ3v) is 1.52. The maximum atomic E-state index is 10.9. The van der Waals surface area contributed by atoms with Gasteiger partial charge in [-0.25, -0.2) is 0 Å². The van der Waals surface area contributed by atoms with Crippen LogP contribution in [0.5, 0.6) is 0 Å². The lowest BCUT2D eigenvalue weighted by molar-refractivity contribution is -0.125. The van der Waals surface area contributed by atoms with E-state index in [0.29, 0.717) is 12.6 Å². The van der Waals surface area contributed by atoms with Gasteiger partial charge >= 0.3 is 0 Å². The van der Waals surface area contributed by atoms with Gasteiger partial charge in [-0.2, -0.15) is 0 Å². The Labute approximate surface area is 67.1 Å². The second kappa shape index (κ2) is 4.34. The predicted molar refractivity (Wildman–Crippen MR) is 42.3 cm³/mol. The van der Waals surface area contributed by atoms with Gasteiger partial charge in [-0.05, 0) is 19.3 Å². The van der Waals surface area contributed by atoms with Gasteiger partial charge in [0.25, 0.3) is 0 Å². The van der Waals surface area contributed by atoms with Gasteiger partial charge in [0.15, 0.2) is 0 Å². The molecule has 0 aromatic rings. The van der Waals surface area contributed by atoms with E-state index in [4.69, 9.17) is 4.74 Å². The first-order chi connectivity index (χ1) is 5.33. The molecule has 64 valence electrons. The molecule has 3 heteroatoms. The van der Waals surface area contributed by atoms with Gasteiger partial charge in [0.05, 0.1) is 0 Å². The second-order valence-electron chi connectivity index (χ2n) is 2.89. The lowest BCUT2D eigenvalue weighted by Gasteiger charge is -2.02. The molecule has 0 saturated heterocycles. The molecule has 0 aromatic heterocycles. The predicted octanol–water partition coefficient (Wildman–Crippen LogP) is 0.692. The summed E-state index contributed by atoms with van der Waals surface area (Å²) in [4.78, 5) is 10.9. The van der Waals surface area contributed by atoms with Crippen molar-refractivity contribution in [3.63, 3.8) is 0 Å². The highest BCUT2D eigenvalue weighted by Crippen LogP contribution is 2.18. The van der Waals surface area contributed by atoms with E-state index in [1.807, 2.05) is 6.92 Å². The average molecular weight is 157 g/mol. The molecule has 0 bridgehead atoms. The van der Waals surface area contributed by atoms with Crippen LogP contribution in [0.2, 0.25) is 0 Å².